The van der Waals surface area contributed by atoms with Crippen LogP contribution in [-0.4, -0.2) is 58.7 Å². The van der Waals surface area contributed by atoms with E-state index in [0.29, 0.717) is 38.2 Å². The molecule has 1 aromatic heterocycles. The molecule has 1 fully saturated rings. The van der Waals surface area contributed by atoms with Gasteiger partial charge in [-0.3, -0.25) is 14.3 Å². The molecule has 0 saturated carbocycles. The van der Waals surface area contributed by atoms with Crippen LogP contribution in [0.5, 0.6) is 0 Å². The summed E-state index contributed by atoms with van der Waals surface area (Å²) >= 11 is 0. The van der Waals surface area contributed by atoms with Crippen molar-refractivity contribution < 1.29 is 9.59 Å². The second-order valence-electron chi connectivity index (χ2n) is 5.13. The lowest BCUT2D eigenvalue weighted by atomic mass is 10.1. The molecule has 7 heteroatoms. The summed E-state index contributed by atoms with van der Waals surface area (Å²) in [5.41, 5.74) is 1.37. The Bertz CT molecular complexity index is 525. The summed E-state index contributed by atoms with van der Waals surface area (Å²) in [6.07, 6.45) is 2.43. The molecule has 1 aromatic rings. The zero-order valence-corrected chi connectivity index (χ0v) is 12.8. The molecule has 2 N–H and O–H groups in total. The summed E-state index contributed by atoms with van der Waals surface area (Å²) in [6, 6.07) is -0.462. The normalized spacial score (nSPS) is 18.6. The van der Waals surface area contributed by atoms with Gasteiger partial charge in [-0.05, 0) is 13.3 Å². The fraction of sp³-hybridized carbons (Fsp3) is 0.643. The molecular weight excluding hydrogens is 270 g/mol. The molecular formula is C14H23N5O2. The molecule has 1 aliphatic rings. The summed E-state index contributed by atoms with van der Waals surface area (Å²) in [4.78, 5) is 26.6. The molecule has 0 aliphatic carbocycles. The number of aryl methyl sites for hydroxylation is 2. The van der Waals surface area contributed by atoms with Gasteiger partial charge in [0.25, 0.3) is 5.91 Å². The maximum Gasteiger partial charge on any atom is 0.258 e. The maximum absolute atomic E-state index is 12.8. The number of nitrogens with zero attached hydrogens (tertiary/aromatic N) is 3. The Balaban J connectivity index is 2.24. The minimum absolute atomic E-state index is 0.111. The van der Waals surface area contributed by atoms with Gasteiger partial charge in [0.15, 0.2) is 0 Å². The van der Waals surface area contributed by atoms with Gasteiger partial charge in [-0.2, -0.15) is 5.10 Å². The third-order valence-corrected chi connectivity index (χ3v) is 3.63. The van der Waals surface area contributed by atoms with Gasteiger partial charge in [-0.1, -0.05) is 6.92 Å². The summed E-state index contributed by atoms with van der Waals surface area (Å²) in [6.45, 7) is 6.11. The van der Waals surface area contributed by atoms with Crippen molar-refractivity contribution >= 4 is 11.8 Å². The molecule has 2 heterocycles. The van der Waals surface area contributed by atoms with Crippen LogP contribution in [-0.2, 0) is 18.3 Å². The monoisotopic (exact) mass is 293 g/mol. The molecule has 2 amide bonds. The number of likely N-dealkylation sites (N-methyl/N-ethyl adjacent to an activating group) is 1. The summed E-state index contributed by atoms with van der Waals surface area (Å²) in [7, 11) is 1.80. The number of hydrogen-bond acceptors (Lipinski definition) is 4. The molecule has 1 atom stereocenters. The van der Waals surface area contributed by atoms with Gasteiger partial charge in [0.2, 0.25) is 5.91 Å². The topological polar surface area (TPSA) is 79.3 Å². The zero-order valence-electron chi connectivity index (χ0n) is 12.8. The Morgan fingerprint density at radius 3 is 2.90 bits per heavy atom. The smallest absolute Gasteiger partial charge is 0.258 e. The van der Waals surface area contributed by atoms with Gasteiger partial charge in [-0.15, -0.1) is 0 Å². The van der Waals surface area contributed by atoms with Crippen LogP contribution in [0.4, 0.5) is 0 Å². The second-order valence-corrected chi connectivity index (χ2v) is 5.13. The van der Waals surface area contributed by atoms with Gasteiger partial charge in [0.05, 0.1) is 11.3 Å². The third-order valence-electron chi connectivity index (χ3n) is 3.63. The van der Waals surface area contributed by atoms with Crippen molar-refractivity contribution in [2.45, 2.75) is 26.3 Å². The Hall–Kier alpha value is -1.89. The highest BCUT2D eigenvalue weighted by atomic mass is 16.2. The van der Waals surface area contributed by atoms with Crippen LogP contribution < -0.4 is 10.6 Å². The van der Waals surface area contributed by atoms with E-state index in [-0.39, 0.29) is 11.8 Å². The molecule has 0 aromatic carbocycles. The molecule has 21 heavy (non-hydrogen) atoms. The quantitative estimate of drug-likeness (QED) is 0.787. The molecule has 0 bridgehead atoms. The highest BCUT2D eigenvalue weighted by Crippen LogP contribution is 2.14. The fourth-order valence-corrected chi connectivity index (χ4v) is 2.60. The van der Waals surface area contributed by atoms with Crippen molar-refractivity contribution in [2.75, 3.05) is 26.2 Å². The Morgan fingerprint density at radius 1 is 1.48 bits per heavy atom. The van der Waals surface area contributed by atoms with E-state index in [1.807, 2.05) is 13.8 Å². The molecule has 2 rings (SSSR count). The first kappa shape index (κ1) is 15.5. The average molecular weight is 293 g/mol. The maximum atomic E-state index is 12.8. The number of hydrogen-bond donors (Lipinski definition) is 2. The number of aromatic nitrogens is 2. The molecule has 0 radical (unpaired) electrons. The molecule has 1 unspecified atom stereocenters. The van der Waals surface area contributed by atoms with Crippen molar-refractivity contribution in [1.82, 2.24) is 25.3 Å². The molecule has 7 nitrogen and oxygen atoms in total. The summed E-state index contributed by atoms with van der Waals surface area (Å²) in [5, 5.41) is 10.3. The standard InChI is InChI=1S/C14H23N5O2/c1-4-11-10(9-18(3)17-11)14(21)19-7-6-15-8-12(19)13(20)16-5-2/h9,12,15H,4-8H2,1-3H3,(H,16,20). The Morgan fingerprint density at radius 2 is 2.24 bits per heavy atom. The molecule has 1 saturated heterocycles. The van der Waals surface area contributed by atoms with Crippen molar-refractivity contribution in [2.24, 2.45) is 7.05 Å². The Labute approximate surface area is 124 Å². The van der Waals surface area contributed by atoms with Crippen molar-refractivity contribution in [3.8, 4) is 0 Å². The summed E-state index contributed by atoms with van der Waals surface area (Å²) in [5.74, 6) is -0.224. The van der Waals surface area contributed by atoms with E-state index < -0.39 is 6.04 Å². The predicted octanol–water partition coefficient (Wildman–Crippen LogP) is -0.467. The first-order valence-corrected chi connectivity index (χ1v) is 7.40. The lowest BCUT2D eigenvalue weighted by molar-refractivity contribution is -0.126. The first-order valence-electron chi connectivity index (χ1n) is 7.40. The van der Waals surface area contributed by atoms with Crippen molar-refractivity contribution in [3.05, 3.63) is 17.5 Å². The fourth-order valence-electron chi connectivity index (χ4n) is 2.60. The van der Waals surface area contributed by atoms with Gasteiger partial charge in [0, 0.05) is 39.4 Å². The Kier molecular flexibility index (Phi) is 4.95. The number of rotatable bonds is 4. The van der Waals surface area contributed by atoms with Crippen molar-refractivity contribution in [3.63, 3.8) is 0 Å². The lowest BCUT2D eigenvalue weighted by Gasteiger charge is -2.35. The van der Waals surface area contributed by atoms with Gasteiger partial charge in [-0.25, -0.2) is 0 Å². The minimum atomic E-state index is -0.462. The van der Waals surface area contributed by atoms with E-state index in [9.17, 15) is 9.59 Å². The van der Waals surface area contributed by atoms with Gasteiger partial charge in [0.1, 0.15) is 6.04 Å². The first-order chi connectivity index (χ1) is 10.1. The predicted molar refractivity (Wildman–Crippen MR) is 79.0 cm³/mol. The van der Waals surface area contributed by atoms with Crippen LogP contribution in [0, 0.1) is 0 Å². The summed E-state index contributed by atoms with van der Waals surface area (Å²) < 4.78 is 1.65. The molecule has 116 valence electrons. The lowest BCUT2D eigenvalue weighted by Crippen LogP contribution is -2.59. The number of carbonyl (C=O) groups excluding carboxylic acids is 2. The SMILES string of the molecule is CCNC(=O)C1CNCCN1C(=O)c1cn(C)nc1CC. The second kappa shape index (κ2) is 6.71. The van der Waals surface area contributed by atoms with E-state index in [4.69, 9.17) is 0 Å². The van der Waals surface area contributed by atoms with Crippen LogP contribution in [0.25, 0.3) is 0 Å². The van der Waals surface area contributed by atoms with Crippen LogP contribution >= 0.6 is 0 Å². The van der Waals surface area contributed by atoms with Gasteiger partial charge >= 0.3 is 0 Å². The van der Waals surface area contributed by atoms with E-state index in [1.54, 1.807) is 22.8 Å². The number of carbonyl (C=O) groups is 2. The molecule has 0 spiro atoms. The number of piperazine rings is 1. The highest BCUT2D eigenvalue weighted by Gasteiger charge is 2.33. The highest BCUT2D eigenvalue weighted by molar-refractivity contribution is 5.98. The van der Waals surface area contributed by atoms with E-state index in [0.717, 1.165) is 5.69 Å². The van der Waals surface area contributed by atoms with Crippen LogP contribution in [0.2, 0.25) is 0 Å². The van der Waals surface area contributed by atoms with Crippen LogP contribution in [0.15, 0.2) is 6.20 Å². The largest absolute Gasteiger partial charge is 0.355 e. The van der Waals surface area contributed by atoms with E-state index in [2.05, 4.69) is 15.7 Å². The van der Waals surface area contributed by atoms with E-state index >= 15 is 0 Å². The average Bonchev–Trinajstić information content (AvgIpc) is 2.88. The third kappa shape index (κ3) is 3.24. The zero-order chi connectivity index (χ0) is 15.4. The number of amides is 2. The van der Waals surface area contributed by atoms with E-state index in [1.165, 1.54) is 0 Å². The number of nitrogens with one attached hydrogen (secondary N) is 2. The minimum Gasteiger partial charge on any atom is -0.355 e. The van der Waals surface area contributed by atoms with Gasteiger partial charge < -0.3 is 15.5 Å². The van der Waals surface area contributed by atoms with Crippen LogP contribution in [0.1, 0.15) is 29.9 Å². The van der Waals surface area contributed by atoms with Crippen molar-refractivity contribution in [1.29, 1.82) is 0 Å². The van der Waals surface area contributed by atoms with Crippen LogP contribution in [0.3, 0.4) is 0 Å². The molecule has 1 aliphatic heterocycles.